The van der Waals surface area contributed by atoms with Crippen LogP contribution < -0.4 is 14.2 Å². The minimum Gasteiger partial charge on any atom is -0.507 e. The van der Waals surface area contributed by atoms with Crippen molar-refractivity contribution in [2.24, 2.45) is 0 Å². The molecule has 0 spiro atoms. The van der Waals surface area contributed by atoms with Crippen LogP contribution in [0.3, 0.4) is 0 Å². The largest absolute Gasteiger partial charge is 0.507 e. The maximum absolute atomic E-state index is 11.2. The molecule has 312 valence electrons. The minimum atomic E-state index is -0.973. The Morgan fingerprint density at radius 2 is 0.719 bits per heavy atom. The topological polar surface area (TPSA) is 215 Å². The maximum Gasteiger partial charge on any atom is 0.225 e. The summed E-state index contributed by atoms with van der Waals surface area (Å²) >= 11 is 0. The van der Waals surface area contributed by atoms with Crippen LogP contribution in [0.5, 0.6) is 34.5 Å². The molecule has 15 nitrogen and oxygen atoms in total. The molecule has 0 radical (unpaired) electrons. The minimum absolute atomic E-state index is 0.0123. The van der Waals surface area contributed by atoms with Crippen molar-refractivity contribution < 1.29 is 59.1 Å². The normalized spacial score (nSPS) is 14.7. The second-order valence-corrected chi connectivity index (χ2v) is 13.7. The zero-order valence-corrected chi connectivity index (χ0v) is 33.5. The summed E-state index contributed by atoms with van der Waals surface area (Å²) in [5.41, 5.74) is 0.499. The molecule has 15 heteroatoms. The van der Waals surface area contributed by atoms with E-state index in [9.17, 15) is 30.6 Å². The number of hydrogen-bond donors (Lipinski definition) is 6. The average Bonchev–Trinajstić information content (AvgIpc) is 3.16. The van der Waals surface area contributed by atoms with Crippen LogP contribution >= 0.6 is 0 Å². The zero-order valence-electron chi connectivity index (χ0n) is 33.5. The third kappa shape index (κ3) is 13.1. The Labute approximate surface area is 333 Å². The van der Waals surface area contributed by atoms with Crippen LogP contribution in [-0.4, -0.2) is 103 Å². The van der Waals surface area contributed by atoms with Gasteiger partial charge in [0.1, 0.15) is 52.8 Å². The molecule has 6 N–H and O–H groups in total. The first kappa shape index (κ1) is 44.9. The summed E-state index contributed by atoms with van der Waals surface area (Å²) in [5, 5.41) is 64.4. The summed E-state index contributed by atoms with van der Waals surface area (Å²) in [5.74, 6) is -0.184. The van der Waals surface area contributed by atoms with Gasteiger partial charge >= 0.3 is 0 Å². The number of phenols is 3. The molecule has 0 bridgehead atoms. The lowest BCUT2D eigenvalue weighted by Crippen LogP contribution is -2.32. The number of aromatic hydroxyl groups is 3. The van der Waals surface area contributed by atoms with E-state index in [-0.39, 0.29) is 68.7 Å². The number of unbranched alkanes of at least 4 members (excludes halogenated alkanes) is 3. The van der Waals surface area contributed by atoms with Crippen LogP contribution in [0, 0.1) is 0 Å². The van der Waals surface area contributed by atoms with E-state index in [1.807, 2.05) is 20.8 Å². The predicted octanol–water partition coefficient (Wildman–Crippen LogP) is 6.70. The van der Waals surface area contributed by atoms with Crippen LogP contribution in [0.25, 0.3) is 34.2 Å². The van der Waals surface area contributed by atoms with E-state index in [1.165, 1.54) is 36.4 Å². The number of ether oxygens (including phenoxy) is 6. The molecule has 6 unspecified atom stereocenters. The summed E-state index contributed by atoms with van der Waals surface area (Å²) in [6, 6.07) is 13.3. The van der Waals surface area contributed by atoms with Crippen molar-refractivity contribution in [2.45, 2.75) is 117 Å². The van der Waals surface area contributed by atoms with E-state index in [0.717, 1.165) is 38.5 Å². The van der Waals surface area contributed by atoms with Gasteiger partial charge in [-0.2, -0.15) is 0 Å². The molecule has 4 rings (SSSR count). The molecule has 57 heavy (non-hydrogen) atoms. The SMILES string of the molecule is CCCCOC(Oc1ccc(-c2nc(-c3ccc(OC(OCCCC)C(C)O)cc3O)nc(-c3ccc(OC(OCCCC)C(C)O)cc3O)n2)c(O)c1)C(C)O. The quantitative estimate of drug-likeness (QED) is 0.0322. The zero-order chi connectivity index (χ0) is 41.5. The number of aromatic nitrogens is 3. The Morgan fingerprint density at radius 1 is 0.456 bits per heavy atom. The molecule has 3 aromatic carbocycles. The van der Waals surface area contributed by atoms with Crippen molar-refractivity contribution in [3.8, 4) is 68.7 Å². The number of phenolic OH excluding ortho intramolecular Hbond substituents is 3. The molecule has 0 aliphatic rings. The van der Waals surface area contributed by atoms with Crippen molar-refractivity contribution in [1.29, 1.82) is 0 Å². The molecule has 0 aliphatic carbocycles. The van der Waals surface area contributed by atoms with E-state index >= 15 is 0 Å². The summed E-state index contributed by atoms with van der Waals surface area (Å²) in [6.07, 6.45) is -0.735. The van der Waals surface area contributed by atoms with Crippen LogP contribution in [0.15, 0.2) is 54.6 Å². The summed E-state index contributed by atoms with van der Waals surface area (Å²) in [4.78, 5) is 13.8. The number of hydrogen-bond acceptors (Lipinski definition) is 15. The van der Waals surface area contributed by atoms with Gasteiger partial charge < -0.3 is 59.1 Å². The van der Waals surface area contributed by atoms with Gasteiger partial charge in [-0.15, -0.1) is 0 Å². The first-order valence-electron chi connectivity index (χ1n) is 19.5. The Hall–Kier alpha value is -4.77. The lowest BCUT2D eigenvalue weighted by atomic mass is 10.1. The molecular formula is C42H57N3O12. The molecule has 0 fully saturated rings. The van der Waals surface area contributed by atoms with Gasteiger partial charge in [0.25, 0.3) is 0 Å². The van der Waals surface area contributed by atoms with Crippen molar-refractivity contribution >= 4 is 0 Å². The first-order chi connectivity index (χ1) is 27.3. The average molecular weight is 796 g/mol. The monoisotopic (exact) mass is 795 g/mol. The van der Waals surface area contributed by atoms with Crippen molar-refractivity contribution in [3.05, 3.63) is 54.6 Å². The van der Waals surface area contributed by atoms with Crippen molar-refractivity contribution in [2.75, 3.05) is 19.8 Å². The highest BCUT2D eigenvalue weighted by Crippen LogP contribution is 2.38. The van der Waals surface area contributed by atoms with Crippen LogP contribution in [0.4, 0.5) is 0 Å². The Morgan fingerprint density at radius 3 is 0.930 bits per heavy atom. The van der Waals surface area contributed by atoms with E-state index in [1.54, 1.807) is 39.0 Å². The van der Waals surface area contributed by atoms with E-state index in [4.69, 9.17) is 28.4 Å². The van der Waals surface area contributed by atoms with Crippen LogP contribution in [-0.2, 0) is 14.2 Å². The second-order valence-electron chi connectivity index (χ2n) is 13.7. The number of aliphatic hydroxyl groups is 3. The highest BCUT2D eigenvalue weighted by atomic mass is 16.7. The highest BCUT2D eigenvalue weighted by Gasteiger charge is 2.24. The molecule has 0 saturated carbocycles. The van der Waals surface area contributed by atoms with Gasteiger partial charge in [0, 0.05) is 18.2 Å². The molecule has 0 aliphatic heterocycles. The number of aliphatic hydroxyl groups excluding tert-OH is 3. The molecule has 1 heterocycles. The third-order valence-corrected chi connectivity index (χ3v) is 8.54. The van der Waals surface area contributed by atoms with Crippen molar-refractivity contribution in [1.82, 2.24) is 15.0 Å². The van der Waals surface area contributed by atoms with Crippen molar-refractivity contribution in [3.63, 3.8) is 0 Å². The maximum atomic E-state index is 11.2. The lowest BCUT2D eigenvalue weighted by Gasteiger charge is -2.22. The van der Waals surface area contributed by atoms with Crippen LogP contribution in [0.2, 0.25) is 0 Å². The molecule has 0 amide bonds. The predicted molar refractivity (Wildman–Crippen MR) is 212 cm³/mol. The van der Waals surface area contributed by atoms with Gasteiger partial charge in [0.2, 0.25) is 18.9 Å². The number of nitrogens with zero attached hydrogens (tertiary/aromatic N) is 3. The van der Waals surface area contributed by atoms with Gasteiger partial charge in [-0.05, 0) is 76.4 Å². The standard InChI is InChI=1S/C42H57N3O12/c1-7-10-19-52-40(25(4)46)55-28-13-16-31(34(49)22-28)37-43-38(32-17-14-29(23-35(32)50)56-41(26(5)47)53-20-11-8-2)45-39(44-37)33-18-15-30(24-36(33)51)57-42(27(6)48)54-21-12-9-3/h13-18,22-27,40-42,46-51H,7-12,19-21H2,1-6H3. The van der Waals surface area contributed by atoms with E-state index in [2.05, 4.69) is 15.0 Å². The molecule has 0 saturated heterocycles. The Balaban J connectivity index is 1.74. The van der Waals surface area contributed by atoms with Crippen LogP contribution in [0.1, 0.15) is 80.1 Å². The molecule has 1 aromatic heterocycles. The highest BCUT2D eigenvalue weighted by molar-refractivity contribution is 5.74. The third-order valence-electron chi connectivity index (χ3n) is 8.54. The molecular weight excluding hydrogens is 738 g/mol. The first-order valence-corrected chi connectivity index (χ1v) is 19.5. The Bertz CT molecular complexity index is 1620. The molecule has 6 atom stereocenters. The second kappa shape index (κ2) is 22.2. The fraction of sp³-hybridized carbons (Fsp3) is 0.500. The lowest BCUT2D eigenvalue weighted by molar-refractivity contribution is -0.140. The van der Waals surface area contributed by atoms with Gasteiger partial charge in [0.15, 0.2) is 17.5 Å². The summed E-state index contributed by atoms with van der Waals surface area (Å²) < 4.78 is 34.6. The fourth-order valence-electron chi connectivity index (χ4n) is 5.31. The van der Waals surface area contributed by atoms with Gasteiger partial charge in [-0.25, -0.2) is 15.0 Å². The molecule has 4 aromatic rings. The van der Waals surface area contributed by atoms with Gasteiger partial charge in [-0.3, -0.25) is 0 Å². The fourth-order valence-corrected chi connectivity index (χ4v) is 5.31. The smallest absolute Gasteiger partial charge is 0.225 e. The van der Waals surface area contributed by atoms with Gasteiger partial charge in [-0.1, -0.05) is 40.0 Å². The Kier molecular flexibility index (Phi) is 17.5. The number of rotatable bonds is 24. The summed E-state index contributed by atoms with van der Waals surface area (Å²) in [6.45, 7) is 11.8. The number of benzene rings is 3. The summed E-state index contributed by atoms with van der Waals surface area (Å²) in [7, 11) is 0. The van der Waals surface area contributed by atoms with E-state index in [0.29, 0.717) is 19.8 Å². The van der Waals surface area contributed by atoms with Gasteiger partial charge in [0.05, 0.1) is 36.5 Å². The van der Waals surface area contributed by atoms with E-state index < -0.39 is 37.2 Å².